The van der Waals surface area contributed by atoms with E-state index >= 15 is 0 Å². The molecule has 4 aromatic rings. The number of hydrogen-bond acceptors (Lipinski definition) is 7. The summed E-state index contributed by atoms with van der Waals surface area (Å²) < 4.78 is 11.1. The van der Waals surface area contributed by atoms with Crippen LogP contribution in [0.2, 0.25) is 0 Å². The van der Waals surface area contributed by atoms with Crippen LogP contribution in [-0.2, 0) is 20.9 Å². The Balaban J connectivity index is 1.40. The number of nitrogens with zero attached hydrogens (tertiary/aromatic N) is 3. The van der Waals surface area contributed by atoms with Crippen LogP contribution < -0.4 is 9.64 Å². The van der Waals surface area contributed by atoms with Crippen molar-refractivity contribution in [2.24, 2.45) is 0 Å². The molecule has 5 rings (SSSR count). The number of pyridine rings is 1. The molecule has 0 radical (unpaired) electrons. The monoisotopic (exact) mass is 471 g/mol. The molecule has 34 heavy (non-hydrogen) atoms. The first kappa shape index (κ1) is 21.8. The van der Waals surface area contributed by atoms with E-state index in [1.165, 1.54) is 16.2 Å². The zero-order valence-corrected chi connectivity index (χ0v) is 19.2. The van der Waals surface area contributed by atoms with Gasteiger partial charge in [0.1, 0.15) is 23.4 Å². The molecule has 0 aliphatic carbocycles. The Kier molecular flexibility index (Phi) is 6.05. The van der Waals surface area contributed by atoms with Gasteiger partial charge in [-0.25, -0.2) is 9.78 Å². The van der Waals surface area contributed by atoms with Gasteiger partial charge in [0, 0.05) is 17.1 Å². The average Bonchev–Trinajstić information content (AvgIpc) is 3.38. The lowest BCUT2D eigenvalue weighted by atomic mass is 10.1. The number of fused-ring (bicyclic) bond motifs is 1. The van der Waals surface area contributed by atoms with Gasteiger partial charge in [0.05, 0.1) is 17.1 Å². The van der Waals surface area contributed by atoms with Gasteiger partial charge in [-0.15, -0.1) is 11.3 Å². The highest BCUT2D eigenvalue weighted by atomic mass is 32.1. The molecule has 7 nitrogen and oxygen atoms in total. The molecule has 0 saturated heterocycles. The number of aromatic nitrogens is 2. The Labute approximate surface area is 200 Å². The number of carbonyl (C=O) groups is 2. The van der Waals surface area contributed by atoms with Gasteiger partial charge in [0.25, 0.3) is 5.91 Å². The van der Waals surface area contributed by atoms with Crippen molar-refractivity contribution in [2.45, 2.75) is 19.6 Å². The van der Waals surface area contributed by atoms with Crippen molar-refractivity contribution < 1.29 is 19.1 Å². The standard InChI is InChI=1S/C26H21N3O4S/c1-17(26(31)33-14-18-7-3-2-4-8-18)29-22-13-19(10-11-23(22)32-15-24(29)30)21-16-34-25(28-21)20-9-5-6-12-27-20/h2-13,16-17H,14-15H2,1H3. The van der Waals surface area contributed by atoms with E-state index in [1.807, 2.05) is 66.0 Å². The molecule has 1 aliphatic heterocycles. The number of carbonyl (C=O) groups excluding carboxylic acids is 2. The normalized spacial score (nSPS) is 13.7. The van der Waals surface area contributed by atoms with Gasteiger partial charge in [0.15, 0.2) is 6.61 Å². The number of thiazole rings is 1. The molecular weight excluding hydrogens is 450 g/mol. The molecule has 1 aliphatic rings. The van der Waals surface area contributed by atoms with Crippen molar-refractivity contribution in [1.29, 1.82) is 0 Å². The van der Waals surface area contributed by atoms with Gasteiger partial charge < -0.3 is 9.47 Å². The molecule has 8 heteroatoms. The molecule has 1 unspecified atom stereocenters. The SMILES string of the molecule is CC(C(=O)OCc1ccccc1)N1C(=O)COc2ccc(-c3csc(-c4ccccn4)n3)cc21. The third-order valence-corrected chi connectivity index (χ3v) is 6.34. The summed E-state index contributed by atoms with van der Waals surface area (Å²) in [6.07, 6.45) is 1.73. The second-order valence-electron chi connectivity index (χ2n) is 7.76. The van der Waals surface area contributed by atoms with Gasteiger partial charge in [0.2, 0.25) is 0 Å². The predicted octanol–water partition coefficient (Wildman–Crippen LogP) is 4.73. The number of esters is 1. The minimum Gasteiger partial charge on any atom is -0.482 e. The fourth-order valence-electron chi connectivity index (χ4n) is 3.72. The minimum atomic E-state index is -0.811. The summed E-state index contributed by atoms with van der Waals surface area (Å²) in [5.41, 5.74) is 3.76. The quantitative estimate of drug-likeness (QED) is 0.378. The first-order chi connectivity index (χ1) is 16.6. The summed E-state index contributed by atoms with van der Waals surface area (Å²) in [7, 11) is 0. The summed E-state index contributed by atoms with van der Waals surface area (Å²) in [4.78, 5) is 36.1. The zero-order valence-electron chi connectivity index (χ0n) is 18.4. The molecule has 0 N–H and O–H groups in total. The van der Waals surface area contributed by atoms with E-state index in [2.05, 4.69) is 4.98 Å². The Morgan fingerprint density at radius 1 is 1.12 bits per heavy atom. The largest absolute Gasteiger partial charge is 0.482 e. The summed E-state index contributed by atoms with van der Waals surface area (Å²) in [5.74, 6) is -0.256. The number of rotatable bonds is 6. The molecule has 0 spiro atoms. The van der Waals surface area contributed by atoms with Crippen molar-refractivity contribution in [3.05, 3.63) is 83.9 Å². The number of benzene rings is 2. The van der Waals surface area contributed by atoms with Crippen molar-refractivity contribution in [2.75, 3.05) is 11.5 Å². The summed E-state index contributed by atoms with van der Waals surface area (Å²) in [6.45, 7) is 1.67. The fourth-order valence-corrected chi connectivity index (χ4v) is 4.53. The molecule has 0 bridgehead atoms. The second-order valence-corrected chi connectivity index (χ2v) is 8.62. The first-order valence-corrected chi connectivity index (χ1v) is 11.6. The maximum atomic E-state index is 12.8. The van der Waals surface area contributed by atoms with Crippen LogP contribution in [0.4, 0.5) is 5.69 Å². The lowest BCUT2D eigenvalue weighted by Gasteiger charge is -2.33. The second kappa shape index (κ2) is 9.44. The molecule has 1 atom stereocenters. The Hall–Kier alpha value is -4.04. The molecule has 1 amide bonds. The van der Waals surface area contributed by atoms with Crippen molar-refractivity contribution >= 4 is 28.9 Å². The van der Waals surface area contributed by atoms with E-state index < -0.39 is 12.0 Å². The van der Waals surface area contributed by atoms with Gasteiger partial charge >= 0.3 is 5.97 Å². The van der Waals surface area contributed by atoms with Crippen LogP contribution in [0, 0.1) is 0 Å². The van der Waals surface area contributed by atoms with Crippen LogP contribution >= 0.6 is 11.3 Å². The van der Waals surface area contributed by atoms with Crippen LogP contribution in [0.15, 0.2) is 78.3 Å². The molecule has 3 heterocycles. The highest BCUT2D eigenvalue weighted by molar-refractivity contribution is 7.13. The van der Waals surface area contributed by atoms with Crippen LogP contribution in [-0.4, -0.2) is 34.5 Å². The lowest BCUT2D eigenvalue weighted by molar-refractivity contribution is -0.147. The van der Waals surface area contributed by atoms with E-state index in [4.69, 9.17) is 14.5 Å². The summed E-state index contributed by atoms with van der Waals surface area (Å²) in [6, 6.07) is 19.8. The van der Waals surface area contributed by atoms with Crippen molar-refractivity contribution in [3.8, 4) is 27.7 Å². The predicted molar refractivity (Wildman–Crippen MR) is 129 cm³/mol. The summed E-state index contributed by atoms with van der Waals surface area (Å²) >= 11 is 1.49. The van der Waals surface area contributed by atoms with Gasteiger partial charge in [-0.3, -0.25) is 14.7 Å². The molecule has 2 aromatic heterocycles. The molecular formula is C26H21N3O4S. The van der Waals surface area contributed by atoms with Gasteiger partial charge in [-0.2, -0.15) is 0 Å². The van der Waals surface area contributed by atoms with E-state index in [0.717, 1.165) is 27.5 Å². The van der Waals surface area contributed by atoms with E-state index in [1.54, 1.807) is 19.2 Å². The Bertz CT molecular complexity index is 1320. The molecule has 170 valence electrons. The molecule has 0 saturated carbocycles. The van der Waals surface area contributed by atoms with Crippen LogP contribution in [0.25, 0.3) is 22.0 Å². The van der Waals surface area contributed by atoms with Crippen LogP contribution in [0.5, 0.6) is 5.75 Å². The number of ether oxygens (including phenoxy) is 2. The third kappa shape index (κ3) is 4.40. The minimum absolute atomic E-state index is 0.136. The maximum Gasteiger partial charge on any atom is 0.329 e. The topological polar surface area (TPSA) is 81.6 Å². The van der Waals surface area contributed by atoms with Crippen LogP contribution in [0.3, 0.4) is 0 Å². The number of amides is 1. The number of anilines is 1. The van der Waals surface area contributed by atoms with Crippen molar-refractivity contribution in [3.63, 3.8) is 0 Å². The fraction of sp³-hybridized carbons (Fsp3) is 0.154. The molecule has 2 aromatic carbocycles. The average molecular weight is 472 g/mol. The van der Waals surface area contributed by atoms with E-state index in [-0.39, 0.29) is 19.1 Å². The van der Waals surface area contributed by atoms with E-state index in [9.17, 15) is 9.59 Å². The molecule has 0 fully saturated rings. The van der Waals surface area contributed by atoms with E-state index in [0.29, 0.717) is 11.4 Å². The third-order valence-electron chi connectivity index (χ3n) is 5.47. The maximum absolute atomic E-state index is 12.8. The van der Waals surface area contributed by atoms with Gasteiger partial charge in [-0.1, -0.05) is 36.4 Å². The smallest absolute Gasteiger partial charge is 0.329 e. The lowest BCUT2D eigenvalue weighted by Crippen LogP contribution is -2.48. The Morgan fingerprint density at radius 2 is 1.94 bits per heavy atom. The first-order valence-electron chi connectivity index (χ1n) is 10.8. The van der Waals surface area contributed by atoms with Crippen molar-refractivity contribution in [1.82, 2.24) is 9.97 Å². The zero-order chi connectivity index (χ0) is 23.5. The summed E-state index contributed by atoms with van der Waals surface area (Å²) in [5, 5.41) is 2.74. The van der Waals surface area contributed by atoms with Crippen LogP contribution in [0.1, 0.15) is 12.5 Å². The Morgan fingerprint density at radius 3 is 2.74 bits per heavy atom. The van der Waals surface area contributed by atoms with Gasteiger partial charge in [-0.05, 0) is 42.8 Å². The highest BCUT2D eigenvalue weighted by Gasteiger charge is 2.34. The highest BCUT2D eigenvalue weighted by Crippen LogP contribution is 2.38. The number of hydrogen-bond donors (Lipinski definition) is 0.